The summed E-state index contributed by atoms with van der Waals surface area (Å²) in [6.07, 6.45) is 2.01. The summed E-state index contributed by atoms with van der Waals surface area (Å²) >= 11 is 0. The number of likely N-dealkylation sites (tertiary alicyclic amines) is 1. The molecule has 3 amide bonds. The minimum atomic E-state index is -0.979. The van der Waals surface area contributed by atoms with Gasteiger partial charge in [-0.1, -0.05) is 31.2 Å². The Hall–Kier alpha value is -6.00. The van der Waals surface area contributed by atoms with E-state index in [4.69, 9.17) is 0 Å². The van der Waals surface area contributed by atoms with Crippen molar-refractivity contribution in [1.82, 2.24) is 39.7 Å². The molecule has 0 spiro atoms. The van der Waals surface area contributed by atoms with Crippen LogP contribution in [-0.4, -0.2) is 136 Å². The summed E-state index contributed by atoms with van der Waals surface area (Å²) in [5.41, 5.74) is 0.887. The Kier molecular flexibility index (Phi) is 12.8. The SMILES string of the molecule is CCc1nc(-c2cc(F)c(C(=O)N3CCC(CN4CCN(CC(=O)N5CCN(C(=O)c6cc(Cc7n[nH]c(=O)c8ccccc78)ccc6F)CC5)CC4)CC3)c(F)c2)ccc1F. The number of hydrogen-bond acceptors (Lipinski definition) is 8. The summed E-state index contributed by atoms with van der Waals surface area (Å²) in [6.45, 7) is 7.82. The topological polar surface area (TPSA) is 126 Å². The van der Waals surface area contributed by atoms with Crippen LogP contribution in [0.1, 0.15) is 57.4 Å². The van der Waals surface area contributed by atoms with Crippen molar-refractivity contribution in [2.45, 2.75) is 32.6 Å². The summed E-state index contributed by atoms with van der Waals surface area (Å²) < 4.78 is 59.4. The second kappa shape index (κ2) is 18.5. The predicted molar refractivity (Wildman–Crippen MR) is 224 cm³/mol. The van der Waals surface area contributed by atoms with Crippen LogP contribution >= 0.6 is 0 Å². The van der Waals surface area contributed by atoms with Crippen LogP contribution in [0.5, 0.6) is 0 Å². The van der Waals surface area contributed by atoms with Gasteiger partial charge in [-0.25, -0.2) is 27.6 Å². The molecule has 0 atom stereocenters. The van der Waals surface area contributed by atoms with Crippen LogP contribution in [0.2, 0.25) is 0 Å². The van der Waals surface area contributed by atoms with Gasteiger partial charge in [0.1, 0.15) is 28.8 Å². The fourth-order valence-electron chi connectivity index (χ4n) is 8.76. The number of aromatic nitrogens is 3. The van der Waals surface area contributed by atoms with E-state index in [2.05, 4.69) is 25.0 Å². The number of hydrogen-bond donors (Lipinski definition) is 1. The number of aryl methyl sites for hydroxylation is 1. The van der Waals surface area contributed by atoms with Crippen LogP contribution in [0, 0.1) is 29.2 Å². The van der Waals surface area contributed by atoms with Crippen molar-refractivity contribution < 1.29 is 31.9 Å². The second-order valence-corrected chi connectivity index (χ2v) is 16.3. The zero-order chi connectivity index (χ0) is 43.5. The van der Waals surface area contributed by atoms with Crippen molar-refractivity contribution in [1.29, 1.82) is 0 Å². The standard InChI is InChI=1S/C46H48F4N8O4/c1-2-39-36(48)9-10-40(51-39)31-25-37(49)43(38(50)26-31)46(62)57-13-11-29(12-14-57)27-54-15-17-55(18-16-54)28-42(59)56-19-21-58(22-20-56)45(61)34-23-30(7-8-35(34)47)24-41-32-5-3-4-6-33(32)44(60)53-52-41/h3-10,23,25-26,29H,2,11-22,24,27-28H2,1H3,(H,53,60). The van der Waals surface area contributed by atoms with E-state index in [1.165, 1.54) is 29.2 Å². The predicted octanol–water partition coefficient (Wildman–Crippen LogP) is 5.15. The van der Waals surface area contributed by atoms with Gasteiger partial charge < -0.3 is 19.6 Å². The number of fused-ring (bicyclic) bond motifs is 1. The van der Waals surface area contributed by atoms with Gasteiger partial charge in [0.25, 0.3) is 17.4 Å². The minimum absolute atomic E-state index is 0.0170. The quantitative estimate of drug-likeness (QED) is 0.192. The highest BCUT2D eigenvalue weighted by atomic mass is 19.1. The molecule has 3 aromatic carbocycles. The number of rotatable bonds is 10. The van der Waals surface area contributed by atoms with E-state index < -0.39 is 40.6 Å². The average molecular weight is 853 g/mol. The molecule has 3 saturated heterocycles. The van der Waals surface area contributed by atoms with E-state index in [0.717, 1.165) is 31.8 Å². The summed E-state index contributed by atoms with van der Waals surface area (Å²) in [4.78, 5) is 65.8. The molecule has 3 aliphatic heterocycles. The number of aromatic amines is 1. The summed E-state index contributed by atoms with van der Waals surface area (Å²) in [6, 6.07) is 16.2. The van der Waals surface area contributed by atoms with Crippen LogP contribution in [0.4, 0.5) is 17.6 Å². The van der Waals surface area contributed by atoms with Gasteiger partial charge in [-0.2, -0.15) is 5.10 Å². The number of piperidine rings is 1. The largest absolute Gasteiger partial charge is 0.338 e. The number of amides is 3. The summed E-state index contributed by atoms with van der Waals surface area (Å²) in [7, 11) is 0. The molecule has 5 heterocycles. The normalized spacial score (nSPS) is 16.9. The maximum Gasteiger partial charge on any atom is 0.272 e. The van der Waals surface area contributed by atoms with Gasteiger partial charge >= 0.3 is 0 Å². The molecule has 324 valence electrons. The van der Waals surface area contributed by atoms with Gasteiger partial charge in [0.2, 0.25) is 5.91 Å². The number of piperazine rings is 2. The third kappa shape index (κ3) is 9.26. The monoisotopic (exact) mass is 852 g/mol. The van der Waals surface area contributed by atoms with Crippen molar-refractivity contribution in [3.05, 3.63) is 128 Å². The highest BCUT2D eigenvalue weighted by Gasteiger charge is 2.31. The van der Waals surface area contributed by atoms with Crippen molar-refractivity contribution in [2.75, 3.05) is 78.5 Å². The van der Waals surface area contributed by atoms with E-state index in [1.54, 1.807) is 41.0 Å². The number of halogens is 4. The Morgan fingerprint density at radius 3 is 2.00 bits per heavy atom. The fourth-order valence-corrected chi connectivity index (χ4v) is 8.76. The molecule has 0 unspecified atom stereocenters. The van der Waals surface area contributed by atoms with Gasteiger partial charge in [0.05, 0.1) is 34.6 Å². The van der Waals surface area contributed by atoms with E-state index in [1.807, 2.05) is 6.07 Å². The van der Waals surface area contributed by atoms with Gasteiger partial charge in [0, 0.05) is 89.4 Å². The number of pyridine rings is 1. The number of H-pyrrole nitrogens is 1. The lowest BCUT2D eigenvalue weighted by atomic mass is 9.95. The van der Waals surface area contributed by atoms with Crippen molar-refractivity contribution in [3.63, 3.8) is 0 Å². The van der Waals surface area contributed by atoms with Crippen LogP contribution in [0.25, 0.3) is 22.0 Å². The number of benzene rings is 3. The van der Waals surface area contributed by atoms with Crippen LogP contribution in [0.15, 0.2) is 71.5 Å². The summed E-state index contributed by atoms with van der Waals surface area (Å²) in [5.74, 6) is -3.91. The minimum Gasteiger partial charge on any atom is -0.338 e. The second-order valence-electron chi connectivity index (χ2n) is 16.3. The molecule has 0 radical (unpaired) electrons. The van der Waals surface area contributed by atoms with Gasteiger partial charge in [0.15, 0.2) is 0 Å². The molecule has 12 nitrogen and oxygen atoms in total. The molecule has 3 aliphatic rings. The number of nitrogens with one attached hydrogen (secondary N) is 1. The maximum atomic E-state index is 15.2. The average Bonchev–Trinajstić information content (AvgIpc) is 3.28. The Bertz CT molecular complexity index is 2520. The zero-order valence-electron chi connectivity index (χ0n) is 34.5. The highest BCUT2D eigenvalue weighted by Crippen LogP contribution is 2.28. The van der Waals surface area contributed by atoms with Crippen molar-refractivity contribution >= 4 is 28.5 Å². The van der Waals surface area contributed by atoms with E-state index in [0.29, 0.717) is 92.9 Å². The van der Waals surface area contributed by atoms with Crippen molar-refractivity contribution in [3.8, 4) is 11.3 Å². The first-order chi connectivity index (χ1) is 29.9. The molecule has 0 bridgehead atoms. The highest BCUT2D eigenvalue weighted by molar-refractivity contribution is 5.96. The third-order valence-electron chi connectivity index (χ3n) is 12.4. The molecule has 3 fully saturated rings. The molecule has 1 N–H and O–H groups in total. The van der Waals surface area contributed by atoms with Crippen molar-refractivity contribution in [2.24, 2.45) is 5.92 Å². The Morgan fingerprint density at radius 1 is 0.677 bits per heavy atom. The molecule has 8 rings (SSSR count). The summed E-state index contributed by atoms with van der Waals surface area (Å²) in [5, 5.41) is 7.91. The molecular formula is C46H48F4N8O4. The van der Waals surface area contributed by atoms with E-state index in [9.17, 15) is 23.6 Å². The van der Waals surface area contributed by atoms with Gasteiger partial charge in [-0.3, -0.25) is 24.1 Å². The Labute approximate surface area is 356 Å². The number of carbonyl (C=O) groups is 3. The molecule has 5 aromatic rings. The third-order valence-corrected chi connectivity index (χ3v) is 12.4. The molecule has 62 heavy (non-hydrogen) atoms. The first-order valence-electron chi connectivity index (χ1n) is 21.2. The smallest absolute Gasteiger partial charge is 0.272 e. The first-order valence-corrected chi connectivity index (χ1v) is 21.2. The lowest BCUT2D eigenvalue weighted by Gasteiger charge is -2.40. The maximum absolute atomic E-state index is 15.2. The zero-order valence-corrected chi connectivity index (χ0v) is 34.5. The van der Waals surface area contributed by atoms with E-state index >= 15 is 13.2 Å². The van der Waals surface area contributed by atoms with E-state index in [-0.39, 0.29) is 53.6 Å². The molecule has 0 aliphatic carbocycles. The van der Waals surface area contributed by atoms with Crippen LogP contribution in [0.3, 0.4) is 0 Å². The molecular weight excluding hydrogens is 805 g/mol. The van der Waals surface area contributed by atoms with Crippen LogP contribution < -0.4 is 5.56 Å². The van der Waals surface area contributed by atoms with Gasteiger partial charge in [-0.15, -0.1) is 0 Å². The Balaban J connectivity index is 0.765. The molecule has 2 aromatic heterocycles. The van der Waals surface area contributed by atoms with Gasteiger partial charge in [-0.05, 0) is 73.2 Å². The van der Waals surface area contributed by atoms with Crippen LogP contribution in [-0.2, 0) is 17.6 Å². The Morgan fingerprint density at radius 2 is 1.31 bits per heavy atom. The molecule has 16 heteroatoms. The first kappa shape index (κ1) is 42.7. The lowest BCUT2D eigenvalue weighted by Crippen LogP contribution is -2.55. The molecule has 0 saturated carbocycles. The number of nitrogens with zero attached hydrogens (tertiary/aromatic N) is 7. The lowest BCUT2D eigenvalue weighted by molar-refractivity contribution is -0.134. The number of carbonyl (C=O) groups excluding carboxylic acids is 3. The fraction of sp³-hybridized carbons (Fsp3) is 0.391.